The molecular weight excluding hydrogens is 387 g/mol. The van der Waals surface area contributed by atoms with Gasteiger partial charge in [0.15, 0.2) is 0 Å². The van der Waals surface area contributed by atoms with Crippen LogP contribution in [0.4, 0.5) is 0 Å². The average molecular weight is 407 g/mol. The number of halogens is 2. The minimum atomic E-state index is -4.94. The van der Waals surface area contributed by atoms with Crippen molar-refractivity contribution in [3.63, 3.8) is 0 Å². The zero-order valence-corrected chi connectivity index (χ0v) is 14.3. The predicted octanol–water partition coefficient (Wildman–Crippen LogP) is -8.53. The molecule has 0 bridgehead atoms. The molecule has 13 heteroatoms. The second-order valence-corrected chi connectivity index (χ2v) is 5.49. The SMILES string of the molecule is CC(C)NCCNC(C)C.[Cu+2].[O-][Cl+3]([O-])([O-])[O-].[O-][Cl+3]([O-])([O-])[O-]. The molecule has 0 aromatic rings. The maximum Gasteiger partial charge on any atom is 2.00 e. The Labute approximate surface area is 138 Å². The minimum Gasteiger partial charge on any atom is -0.313 e. The van der Waals surface area contributed by atoms with Gasteiger partial charge in [0.2, 0.25) is 0 Å². The van der Waals surface area contributed by atoms with Crippen molar-refractivity contribution >= 4 is 0 Å². The van der Waals surface area contributed by atoms with Crippen LogP contribution in [0.5, 0.6) is 0 Å². The van der Waals surface area contributed by atoms with Crippen LogP contribution in [-0.4, -0.2) is 25.2 Å². The van der Waals surface area contributed by atoms with Crippen LogP contribution in [0.25, 0.3) is 0 Å². The molecule has 0 unspecified atom stereocenters. The van der Waals surface area contributed by atoms with Crippen LogP contribution in [0.3, 0.4) is 0 Å². The third kappa shape index (κ3) is 122. The molecule has 21 heavy (non-hydrogen) atoms. The van der Waals surface area contributed by atoms with Crippen LogP contribution in [0, 0.1) is 20.5 Å². The monoisotopic (exact) mass is 405 g/mol. The fourth-order valence-electron chi connectivity index (χ4n) is 0.722. The fraction of sp³-hybridized carbons (Fsp3) is 1.00. The van der Waals surface area contributed by atoms with Crippen molar-refractivity contribution in [2.75, 3.05) is 13.1 Å². The molecule has 0 saturated carbocycles. The Morgan fingerprint density at radius 1 is 0.619 bits per heavy atom. The van der Waals surface area contributed by atoms with E-state index >= 15 is 0 Å². The molecule has 0 saturated heterocycles. The van der Waals surface area contributed by atoms with E-state index in [0.29, 0.717) is 12.1 Å². The van der Waals surface area contributed by atoms with Gasteiger partial charge in [-0.25, -0.2) is 37.3 Å². The van der Waals surface area contributed by atoms with Crippen LogP contribution in [0.1, 0.15) is 27.7 Å². The van der Waals surface area contributed by atoms with Crippen molar-refractivity contribution in [1.29, 1.82) is 0 Å². The molecule has 0 aliphatic carbocycles. The second kappa shape index (κ2) is 15.6. The zero-order chi connectivity index (χ0) is 17.0. The molecule has 0 spiro atoms. The molecule has 0 rings (SSSR count). The standard InChI is InChI=1S/C8H20N2.2ClHO4.Cu/c1-7(2)9-5-6-10-8(3)4;2*2-1(3,4)5;/h7-10H,5-6H2,1-4H3;2*(H,2,3,4,5);/q;;;+2/p-2. The molecular formula is C8H20Cl2CuN2O8. The van der Waals surface area contributed by atoms with Gasteiger partial charge in [-0.2, -0.15) is 0 Å². The summed E-state index contributed by atoms with van der Waals surface area (Å²) < 4.78 is 67.9. The largest absolute Gasteiger partial charge is 2.00 e. The summed E-state index contributed by atoms with van der Waals surface area (Å²) in [4.78, 5) is 0. The number of nitrogens with one attached hydrogen (secondary N) is 2. The molecule has 0 heterocycles. The second-order valence-electron chi connectivity index (χ2n) is 3.97. The van der Waals surface area contributed by atoms with Gasteiger partial charge in [-0.15, -0.1) is 20.5 Å². The van der Waals surface area contributed by atoms with Crippen LogP contribution in [0.2, 0.25) is 0 Å². The first-order valence-electron chi connectivity index (χ1n) is 5.33. The molecule has 0 aromatic carbocycles. The molecule has 0 atom stereocenters. The Bertz CT molecular complexity index is 179. The molecule has 10 nitrogen and oxygen atoms in total. The third-order valence-electron chi connectivity index (χ3n) is 1.23. The quantitative estimate of drug-likeness (QED) is 0.325. The molecule has 0 aromatic heterocycles. The van der Waals surface area contributed by atoms with E-state index in [-0.39, 0.29) is 17.1 Å². The number of hydrogen-bond acceptors (Lipinski definition) is 10. The van der Waals surface area contributed by atoms with Crippen LogP contribution >= 0.6 is 0 Å². The third-order valence-corrected chi connectivity index (χ3v) is 1.23. The van der Waals surface area contributed by atoms with E-state index in [1.54, 1.807) is 0 Å². The average Bonchev–Trinajstić information content (AvgIpc) is 2.06. The maximum atomic E-state index is 8.49. The first-order chi connectivity index (χ1) is 8.63. The molecule has 0 fully saturated rings. The molecule has 1 radical (unpaired) electrons. The van der Waals surface area contributed by atoms with Gasteiger partial charge < -0.3 is 10.6 Å². The van der Waals surface area contributed by atoms with Gasteiger partial charge >= 0.3 is 17.1 Å². The van der Waals surface area contributed by atoms with Gasteiger partial charge in [0.25, 0.3) is 0 Å². The predicted molar refractivity (Wildman–Crippen MR) is 46.3 cm³/mol. The topological polar surface area (TPSA) is 209 Å². The molecule has 2 N–H and O–H groups in total. The van der Waals surface area contributed by atoms with E-state index < -0.39 is 20.5 Å². The van der Waals surface area contributed by atoms with Crippen molar-refractivity contribution in [1.82, 2.24) is 10.6 Å². The summed E-state index contributed by atoms with van der Waals surface area (Å²) in [5.41, 5.74) is 0. The van der Waals surface area contributed by atoms with Crippen molar-refractivity contribution < 1.29 is 74.8 Å². The number of hydrogen-bond donors (Lipinski definition) is 2. The Balaban J connectivity index is -0.000000112. The smallest absolute Gasteiger partial charge is 0.313 e. The fourth-order valence-corrected chi connectivity index (χ4v) is 0.722. The van der Waals surface area contributed by atoms with E-state index in [4.69, 9.17) is 37.3 Å². The summed E-state index contributed by atoms with van der Waals surface area (Å²) in [5.74, 6) is 0. The van der Waals surface area contributed by atoms with Crippen molar-refractivity contribution in [3.05, 3.63) is 0 Å². The van der Waals surface area contributed by atoms with Gasteiger partial charge in [0.05, 0.1) is 0 Å². The van der Waals surface area contributed by atoms with Crippen molar-refractivity contribution in [3.8, 4) is 0 Å². The Kier molecular flexibility index (Phi) is 22.0. The first-order valence-corrected chi connectivity index (χ1v) is 7.80. The minimum absolute atomic E-state index is 0. The molecule has 135 valence electrons. The molecule has 0 amide bonds. The van der Waals surface area contributed by atoms with E-state index in [9.17, 15) is 0 Å². The van der Waals surface area contributed by atoms with E-state index in [0.717, 1.165) is 13.1 Å². The van der Waals surface area contributed by atoms with Crippen LogP contribution in [-0.2, 0) is 17.1 Å². The van der Waals surface area contributed by atoms with Gasteiger partial charge in [0.1, 0.15) is 0 Å². The van der Waals surface area contributed by atoms with Gasteiger partial charge in [-0.05, 0) is 0 Å². The summed E-state index contributed by atoms with van der Waals surface area (Å²) >= 11 is 0. The van der Waals surface area contributed by atoms with Crippen LogP contribution < -0.4 is 47.9 Å². The van der Waals surface area contributed by atoms with Crippen LogP contribution in [0.15, 0.2) is 0 Å². The van der Waals surface area contributed by atoms with E-state index in [2.05, 4.69) is 38.3 Å². The maximum absolute atomic E-state index is 8.49. The Hall–Kier alpha value is 0.699. The summed E-state index contributed by atoms with van der Waals surface area (Å²) in [6.07, 6.45) is 0. The molecule has 0 aliphatic rings. The van der Waals surface area contributed by atoms with Gasteiger partial charge in [-0.1, -0.05) is 27.7 Å². The number of rotatable bonds is 5. The Morgan fingerprint density at radius 3 is 0.857 bits per heavy atom. The summed E-state index contributed by atoms with van der Waals surface area (Å²) in [6.45, 7) is 10.8. The Morgan fingerprint density at radius 2 is 0.762 bits per heavy atom. The van der Waals surface area contributed by atoms with E-state index in [1.807, 2.05) is 0 Å². The van der Waals surface area contributed by atoms with Gasteiger partial charge in [0, 0.05) is 25.2 Å². The van der Waals surface area contributed by atoms with E-state index in [1.165, 1.54) is 0 Å². The molecule has 0 aliphatic heterocycles. The van der Waals surface area contributed by atoms with Gasteiger partial charge in [-0.3, -0.25) is 0 Å². The normalized spacial score (nSPS) is 11.1. The first kappa shape index (κ1) is 29.7. The van der Waals surface area contributed by atoms with Crippen molar-refractivity contribution in [2.24, 2.45) is 0 Å². The zero-order valence-electron chi connectivity index (χ0n) is 11.9. The summed E-state index contributed by atoms with van der Waals surface area (Å²) in [5, 5.41) is 6.68. The summed E-state index contributed by atoms with van der Waals surface area (Å²) in [7, 11) is -9.89. The van der Waals surface area contributed by atoms with Crippen molar-refractivity contribution in [2.45, 2.75) is 39.8 Å². The summed E-state index contributed by atoms with van der Waals surface area (Å²) in [6, 6.07) is 1.21.